The van der Waals surface area contributed by atoms with Crippen LogP contribution in [0.15, 0.2) is 53.5 Å². The Morgan fingerprint density at radius 2 is 1.38 bits per heavy atom. The molecule has 2 aromatic carbocycles. The van der Waals surface area contributed by atoms with Crippen LogP contribution >= 0.6 is 0 Å². The Morgan fingerprint density at radius 1 is 0.941 bits per heavy atom. The maximum Gasteiger partial charge on any atom is 0.426 e. The number of alkyl halides is 6. The van der Waals surface area contributed by atoms with Crippen LogP contribution in [-0.2, 0) is 0 Å². The fourth-order valence-corrected chi connectivity index (χ4v) is 3.78. The summed E-state index contributed by atoms with van der Waals surface area (Å²) >= 11 is 0. The topological polar surface area (TPSA) is 83.5 Å². The van der Waals surface area contributed by atoms with Gasteiger partial charge in [0.2, 0.25) is 0 Å². The van der Waals surface area contributed by atoms with Crippen LogP contribution in [0.5, 0.6) is 0 Å². The van der Waals surface area contributed by atoms with Gasteiger partial charge < -0.3 is 9.80 Å². The van der Waals surface area contributed by atoms with Crippen molar-refractivity contribution in [2.75, 3.05) is 14.1 Å². The predicted molar refractivity (Wildman–Crippen MR) is 107 cm³/mol. The molecule has 1 atom stereocenters. The molecule has 1 amide bonds. The van der Waals surface area contributed by atoms with Crippen LogP contribution in [-0.4, -0.2) is 59.7 Å². The lowest BCUT2D eigenvalue weighted by Gasteiger charge is -2.42. The highest BCUT2D eigenvalue weighted by atomic mass is 19.4. The third-order valence-corrected chi connectivity index (χ3v) is 5.44. The monoisotopic (exact) mass is 479 g/mol. The zero-order valence-electron chi connectivity index (χ0n) is 17.6. The first-order valence-corrected chi connectivity index (χ1v) is 9.52. The van der Waals surface area contributed by atoms with Crippen LogP contribution in [0.4, 0.5) is 26.3 Å². The van der Waals surface area contributed by atoms with Crippen molar-refractivity contribution < 1.29 is 31.1 Å². The molecular weight excluding hydrogens is 464 g/mol. The highest BCUT2D eigenvalue weighted by molar-refractivity contribution is 6.02. The normalized spacial score (nSPS) is 17.5. The Hall–Kier alpha value is -4.06. The fourth-order valence-electron chi connectivity index (χ4n) is 3.78. The van der Waals surface area contributed by atoms with E-state index in [1.807, 2.05) is 0 Å². The molecule has 0 bridgehead atoms. The number of hydrogen-bond acceptors (Lipinski definition) is 5. The van der Waals surface area contributed by atoms with Gasteiger partial charge in [0.1, 0.15) is 12.0 Å². The van der Waals surface area contributed by atoms with E-state index in [1.54, 1.807) is 12.1 Å². The predicted octanol–water partition coefficient (Wildman–Crippen LogP) is 4.08. The number of nitriles is 2. The van der Waals surface area contributed by atoms with Gasteiger partial charge in [-0.2, -0.15) is 36.9 Å². The number of halogens is 6. The average molecular weight is 479 g/mol. The standard InChI is InChI=1S/C22H15F6N5O/c1-32-17(15-7-3-13(11-29)4-8-15)31-20(21(23,24)25,22(26,27)28)19(32)33(2)18(34)16-9-5-14(12-30)6-10-16/h3-10,19H,1-2H3/t19-/m1/s1. The number of likely N-dealkylation sites (N-methyl/N-ethyl adjacent to an activating group) is 2. The van der Waals surface area contributed by atoms with Crippen LogP contribution in [0.3, 0.4) is 0 Å². The maximum atomic E-state index is 14.2. The second-order valence-electron chi connectivity index (χ2n) is 7.48. The molecule has 0 saturated heterocycles. The van der Waals surface area contributed by atoms with Gasteiger partial charge in [-0.15, -0.1) is 0 Å². The summed E-state index contributed by atoms with van der Waals surface area (Å²) in [7, 11) is 1.80. The Balaban J connectivity index is 2.17. The van der Waals surface area contributed by atoms with Gasteiger partial charge in [0.05, 0.1) is 23.3 Å². The zero-order valence-corrected chi connectivity index (χ0v) is 17.6. The van der Waals surface area contributed by atoms with Crippen LogP contribution in [0.25, 0.3) is 0 Å². The van der Waals surface area contributed by atoms with Gasteiger partial charge in [-0.25, -0.2) is 4.99 Å². The number of amidine groups is 1. The minimum atomic E-state index is -5.92. The molecule has 12 heteroatoms. The van der Waals surface area contributed by atoms with Crippen LogP contribution in [0.2, 0.25) is 0 Å². The Bertz CT molecular complexity index is 1190. The Labute approximate surface area is 189 Å². The number of amides is 1. The average Bonchev–Trinajstić information content (AvgIpc) is 3.12. The second-order valence-corrected chi connectivity index (χ2v) is 7.48. The van der Waals surface area contributed by atoms with Gasteiger partial charge in [-0.05, 0) is 48.5 Å². The zero-order chi connectivity index (χ0) is 25.5. The van der Waals surface area contributed by atoms with Crippen molar-refractivity contribution in [1.29, 1.82) is 10.5 Å². The third-order valence-electron chi connectivity index (χ3n) is 5.44. The summed E-state index contributed by atoms with van der Waals surface area (Å²) in [5.41, 5.74) is -4.65. The number of hydrogen-bond donors (Lipinski definition) is 0. The Kier molecular flexibility index (Phi) is 6.05. The van der Waals surface area contributed by atoms with Gasteiger partial charge in [-0.1, -0.05) is 0 Å². The molecule has 176 valence electrons. The van der Waals surface area contributed by atoms with Crippen molar-refractivity contribution in [3.05, 3.63) is 70.8 Å². The van der Waals surface area contributed by atoms with Crippen LogP contribution in [0.1, 0.15) is 27.0 Å². The smallest absolute Gasteiger partial charge is 0.336 e. The molecule has 6 nitrogen and oxygen atoms in total. The molecule has 3 rings (SSSR count). The second kappa shape index (κ2) is 8.37. The molecule has 0 unspecified atom stereocenters. The molecule has 2 aromatic rings. The SMILES string of the molecule is CN(C(=O)c1ccc(C#N)cc1)[C@H]1N(C)C(c2ccc(C#N)cc2)=NC1(C(F)(F)F)C(F)(F)F. The number of nitrogens with zero attached hydrogens (tertiary/aromatic N) is 5. The van der Waals surface area contributed by atoms with E-state index in [-0.39, 0.29) is 22.3 Å². The molecule has 0 spiro atoms. The van der Waals surface area contributed by atoms with E-state index in [1.165, 1.54) is 36.4 Å². The van der Waals surface area contributed by atoms with E-state index in [0.717, 1.165) is 26.2 Å². The van der Waals surface area contributed by atoms with Crippen molar-refractivity contribution >= 4 is 11.7 Å². The largest absolute Gasteiger partial charge is 0.426 e. The molecular formula is C22H15F6N5O. The van der Waals surface area contributed by atoms with Gasteiger partial charge >= 0.3 is 12.4 Å². The van der Waals surface area contributed by atoms with E-state index >= 15 is 0 Å². The lowest BCUT2D eigenvalue weighted by molar-refractivity contribution is -0.311. The highest BCUT2D eigenvalue weighted by Gasteiger charge is 2.79. The summed E-state index contributed by atoms with van der Waals surface area (Å²) in [6.07, 6.45) is -14.4. The van der Waals surface area contributed by atoms with Crippen LogP contribution in [0, 0.1) is 22.7 Å². The molecule has 0 aliphatic carbocycles. The minimum Gasteiger partial charge on any atom is -0.336 e. The van der Waals surface area contributed by atoms with Crippen molar-refractivity contribution in [1.82, 2.24) is 9.80 Å². The van der Waals surface area contributed by atoms with E-state index < -0.39 is 35.8 Å². The summed E-state index contributed by atoms with van der Waals surface area (Å²) < 4.78 is 85.2. The van der Waals surface area contributed by atoms with E-state index in [0.29, 0.717) is 9.80 Å². The maximum absolute atomic E-state index is 14.2. The first-order chi connectivity index (χ1) is 15.8. The van der Waals surface area contributed by atoms with E-state index in [2.05, 4.69) is 4.99 Å². The highest BCUT2D eigenvalue weighted by Crippen LogP contribution is 2.53. The number of carbonyl (C=O) groups is 1. The third kappa shape index (κ3) is 3.81. The number of benzene rings is 2. The van der Waals surface area contributed by atoms with E-state index in [4.69, 9.17) is 10.5 Å². The van der Waals surface area contributed by atoms with Gasteiger partial charge in [0.25, 0.3) is 11.4 Å². The van der Waals surface area contributed by atoms with Crippen molar-refractivity contribution in [3.8, 4) is 12.1 Å². The lowest BCUT2D eigenvalue weighted by Crippen LogP contribution is -2.69. The number of aliphatic imine (C=N–C) groups is 1. The van der Waals surface area contributed by atoms with Crippen molar-refractivity contribution in [3.63, 3.8) is 0 Å². The lowest BCUT2D eigenvalue weighted by atomic mass is 9.93. The van der Waals surface area contributed by atoms with Crippen molar-refractivity contribution in [2.24, 2.45) is 4.99 Å². The van der Waals surface area contributed by atoms with E-state index in [9.17, 15) is 31.1 Å². The Morgan fingerprint density at radius 3 is 1.79 bits per heavy atom. The first kappa shape index (κ1) is 24.6. The summed E-state index contributed by atoms with van der Waals surface area (Å²) in [6, 6.07) is 13.1. The summed E-state index contributed by atoms with van der Waals surface area (Å²) in [6.45, 7) is 0. The first-order valence-electron chi connectivity index (χ1n) is 9.52. The molecule has 1 heterocycles. The molecule has 0 aromatic heterocycles. The van der Waals surface area contributed by atoms with Crippen LogP contribution < -0.4 is 0 Å². The fraction of sp³-hybridized carbons (Fsp3) is 0.273. The molecule has 1 aliphatic rings. The number of carbonyl (C=O) groups excluding carboxylic acids is 1. The number of rotatable bonds is 3. The molecule has 0 fully saturated rings. The summed E-state index contributed by atoms with van der Waals surface area (Å²) in [4.78, 5) is 17.1. The van der Waals surface area contributed by atoms with Gasteiger partial charge in [0.15, 0.2) is 0 Å². The summed E-state index contributed by atoms with van der Waals surface area (Å²) in [5.74, 6) is -1.78. The molecule has 0 N–H and O–H groups in total. The van der Waals surface area contributed by atoms with Gasteiger partial charge in [0, 0.05) is 25.2 Å². The molecule has 1 aliphatic heterocycles. The molecule has 0 radical (unpaired) electrons. The minimum absolute atomic E-state index is 0.0962. The van der Waals surface area contributed by atoms with Gasteiger partial charge in [-0.3, -0.25) is 4.79 Å². The quantitative estimate of drug-likeness (QED) is 0.621. The van der Waals surface area contributed by atoms with Crippen molar-refractivity contribution in [2.45, 2.75) is 24.1 Å². The molecule has 0 saturated carbocycles. The molecule has 34 heavy (non-hydrogen) atoms. The summed E-state index contributed by atoms with van der Waals surface area (Å²) in [5, 5.41) is 17.8.